The molecular formula is C16H21NO3. The van der Waals surface area contributed by atoms with Crippen LogP contribution in [0.15, 0.2) is 18.2 Å². The standard InChI is InChI=1S/C16H21NO3/c17-11-16(6-9-19-10-7-16)15(18)13-5-1-3-12-4-2-8-20-14(12)13/h1,3,5H,2,4,6-11,17H2. The smallest absolute Gasteiger partial charge is 0.174 e. The molecule has 2 aliphatic rings. The minimum Gasteiger partial charge on any atom is -0.493 e. The second kappa shape index (κ2) is 5.54. The Kier molecular flexibility index (Phi) is 3.76. The highest BCUT2D eigenvalue weighted by molar-refractivity contribution is 6.03. The summed E-state index contributed by atoms with van der Waals surface area (Å²) >= 11 is 0. The van der Waals surface area contributed by atoms with Crippen molar-refractivity contribution < 1.29 is 14.3 Å². The number of nitrogens with two attached hydrogens (primary N) is 1. The monoisotopic (exact) mass is 275 g/mol. The Morgan fingerprint density at radius 2 is 2.05 bits per heavy atom. The molecule has 3 rings (SSSR count). The van der Waals surface area contributed by atoms with Crippen molar-refractivity contribution in [3.05, 3.63) is 29.3 Å². The van der Waals surface area contributed by atoms with Crippen LogP contribution >= 0.6 is 0 Å². The first-order chi connectivity index (χ1) is 9.77. The summed E-state index contributed by atoms with van der Waals surface area (Å²) in [5.41, 5.74) is 7.30. The zero-order valence-corrected chi connectivity index (χ0v) is 11.7. The molecule has 2 N–H and O–H groups in total. The zero-order chi connectivity index (χ0) is 14.0. The van der Waals surface area contributed by atoms with Gasteiger partial charge in [-0.05, 0) is 37.3 Å². The molecule has 1 fully saturated rings. The molecule has 0 unspecified atom stereocenters. The van der Waals surface area contributed by atoms with E-state index in [2.05, 4.69) is 0 Å². The van der Waals surface area contributed by atoms with Crippen molar-refractivity contribution in [1.82, 2.24) is 0 Å². The lowest BCUT2D eigenvalue weighted by Gasteiger charge is -2.35. The van der Waals surface area contributed by atoms with Gasteiger partial charge in [0.2, 0.25) is 0 Å². The van der Waals surface area contributed by atoms with Crippen LogP contribution in [0.5, 0.6) is 5.75 Å². The highest BCUT2D eigenvalue weighted by Gasteiger charge is 2.40. The average Bonchev–Trinajstić information content (AvgIpc) is 2.54. The van der Waals surface area contributed by atoms with Gasteiger partial charge in [0.1, 0.15) is 5.75 Å². The minimum absolute atomic E-state index is 0.127. The van der Waals surface area contributed by atoms with Crippen molar-refractivity contribution in [3.63, 3.8) is 0 Å². The van der Waals surface area contributed by atoms with Crippen molar-refractivity contribution in [3.8, 4) is 5.75 Å². The molecule has 1 aromatic carbocycles. The fourth-order valence-corrected chi connectivity index (χ4v) is 3.14. The molecular weight excluding hydrogens is 254 g/mol. The van der Waals surface area contributed by atoms with Crippen LogP contribution in [0.4, 0.5) is 0 Å². The van der Waals surface area contributed by atoms with Gasteiger partial charge in [-0.25, -0.2) is 0 Å². The number of rotatable bonds is 3. The number of aryl methyl sites for hydroxylation is 1. The molecule has 0 atom stereocenters. The summed E-state index contributed by atoms with van der Waals surface area (Å²) in [7, 11) is 0. The molecule has 4 nitrogen and oxygen atoms in total. The third kappa shape index (κ3) is 2.23. The third-order valence-electron chi connectivity index (χ3n) is 4.50. The molecule has 20 heavy (non-hydrogen) atoms. The summed E-state index contributed by atoms with van der Waals surface area (Å²) < 4.78 is 11.1. The number of para-hydroxylation sites is 1. The first-order valence-corrected chi connectivity index (χ1v) is 7.34. The van der Waals surface area contributed by atoms with E-state index in [-0.39, 0.29) is 5.78 Å². The number of hydrogen-bond donors (Lipinski definition) is 1. The Hall–Kier alpha value is -1.39. The van der Waals surface area contributed by atoms with Crippen molar-refractivity contribution >= 4 is 5.78 Å². The Bertz CT molecular complexity index is 506. The predicted octanol–water partition coefficient (Wildman–Crippen LogP) is 1.95. The quantitative estimate of drug-likeness (QED) is 0.856. The lowest BCUT2D eigenvalue weighted by molar-refractivity contribution is 0.0198. The Balaban J connectivity index is 1.97. The fraction of sp³-hybridized carbons (Fsp3) is 0.562. The molecule has 0 radical (unpaired) electrons. The average molecular weight is 275 g/mol. The number of ether oxygens (including phenoxy) is 2. The third-order valence-corrected chi connectivity index (χ3v) is 4.50. The molecule has 0 amide bonds. The SMILES string of the molecule is NCC1(C(=O)c2cccc3c2OCCC3)CCOCC1. The highest BCUT2D eigenvalue weighted by atomic mass is 16.5. The molecule has 2 aliphatic heterocycles. The van der Waals surface area contributed by atoms with Crippen LogP contribution in [0.25, 0.3) is 0 Å². The van der Waals surface area contributed by atoms with E-state index in [0.29, 0.717) is 44.8 Å². The number of benzene rings is 1. The number of carbonyl (C=O) groups is 1. The Morgan fingerprint density at radius 3 is 2.80 bits per heavy atom. The summed E-state index contributed by atoms with van der Waals surface area (Å²) in [4.78, 5) is 13.0. The first kappa shape index (κ1) is 13.6. The lowest BCUT2D eigenvalue weighted by Crippen LogP contribution is -2.43. The summed E-state index contributed by atoms with van der Waals surface area (Å²) in [6.07, 6.45) is 3.40. The van der Waals surface area contributed by atoms with Gasteiger partial charge >= 0.3 is 0 Å². The summed E-state index contributed by atoms with van der Waals surface area (Å²) in [5.74, 6) is 0.908. The van der Waals surface area contributed by atoms with E-state index in [9.17, 15) is 4.79 Å². The van der Waals surface area contributed by atoms with Crippen LogP contribution in [0.2, 0.25) is 0 Å². The van der Waals surface area contributed by atoms with Gasteiger partial charge in [-0.15, -0.1) is 0 Å². The van der Waals surface area contributed by atoms with E-state index < -0.39 is 5.41 Å². The maximum atomic E-state index is 13.0. The van der Waals surface area contributed by atoms with Gasteiger partial charge in [-0.2, -0.15) is 0 Å². The van der Waals surface area contributed by atoms with E-state index in [0.717, 1.165) is 24.2 Å². The normalized spacial score (nSPS) is 20.9. The number of hydrogen-bond acceptors (Lipinski definition) is 4. The summed E-state index contributed by atoms with van der Waals surface area (Å²) in [6.45, 7) is 2.28. The lowest BCUT2D eigenvalue weighted by atomic mass is 9.73. The largest absolute Gasteiger partial charge is 0.493 e. The molecule has 1 aromatic rings. The maximum absolute atomic E-state index is 13.0. The van der Waals surface area contributed by atoms with E-state index in [1.165, 1.54) is 0 Å². The Labute approximate surface area is 119 Å². The predicted molar refractivity (Wildman–Crippen MR) is 76.1 cm³/mol. The summed E-state index contributed by atoms with van der Waals surface area (Å²) in [5, 5.41) is 0. The molecule has 0 aromatic heterocycles. The molecule has 2 heterocycles. The van der Waals surface area contributed by atoms with Gasteiger partial charge in [0.25, 0.3) is 0 Å². The Morgan fingerprint density at radius 1 is 1.25 bits per heavy atom. The molecule has 0 spiro atoms. The summed E-state index contributed by atoms with van der Waals surface area (Å²) in [6, 6.07) is 5.87. The topological polar surface area (TPSA) is 61.6 Å². The molecule has 1 saturated heterocycles. The van der Waals surface area contributed by atoms with Crippen LogP contribution in [-0.2, 0) is 11.2 Å². The van der Waals surface area contributed by atoms with Crippen molar-refractivity contribution in [2.75, 3.05) is 26.4 Å². The van der Waals surface area contributed by atoms with Crippen molar-refractivity contribution in [2.45, 2.75) is 25.7 Å². The van der Waals surface area contributed by atoms with Gasteiger partial charge < -0.3 is 15.2 Å². The molecule has 108 valence electrons. The molecule has 0 aliphatic carbocycles. The molecule has 0 saturated carbocycles. The van der Waals surface area contributed by atoms with E-state index in [1.54, 1.807) is 0 Å². The van der Waals surface area contributed by atoms with Crippen LogP contribution in [0, 0.1) is 5.41 Å². The van der Waals surface area contributed by atoms with Gasteiger partial charge in [-0.1, -0.05) is 12.1 Å². The van der Waals surface area contributed by atoms with E-state index >= 15 is 0 Å². The van der Waals surface area contributed by atoms with Gasteiger partial charge in [-0.3, -0.25) is 4.79 Å². The fourth-order valence-electron chi connectivity index (χ4n) is 3.14. The minimum atomic E-state index is -0.478. The number of ketones is 1. The second-order valence-corrected chi connectivity index (χ2v) is 5.67. The van der Waals surface area contributed by atoms with E-state index in [1.807, 2.05) is 18.2 Å². The van der Waals surface area contributed by atoms with E-state index in [4.69, 9.17) is 15.2 Å². The van der Waals surface area contributed by atoms with Gasteiger partial charge in [0.05, 0.1) is 17.6 Å². The number of carbonyl (C=O) groups excluding carboxylic acids is 1. The first-order valence-electron chi connectivity index (χ1n) is 7.34. The highest BCUT2D eigenvalue weighted by Crippen LogP contribution is 2.38. The van der Waals surface area contributed by atoms with Crippen LogP contribution in [-0.4, -0.2) is 32.1 Å². The zero-order valence-electron chi connectivity index (χ0n) is 11.7. The number of Topliss-reactive ketones (excluding diaryl/α,β-unsaturated/α-hetero) is 1. The van der Waals surface area contributed by atoms with Gasteiger partial charge in [0, 0.05) is 19.8 Å². The number of fused-ring (bicyclic) bond motifs is 1. The van der Waals surface area contributed by atoms with Gasteiger partial charge in [0.15, 0.2) is 5.78 Å². The maximum Gasteiger partial charge on any atom is 0.174 e. The second-order valence-electron chi connectivity index (χ2n) is 5.67. The van der Waals surface area contributed by atoms with Crippen molar-refractivity contribution in [2.24, 2.45) is 11.1 Å². The molecule has 0 bridgehead atoms. The van der Waals surface area contributed by atoms with Crippen LogP contribution < -0.4 is 10.5 Å². The van der Waals surface area contributed by atoms with Crippen LogP contribution in [0.3, 0.4) is 0 Å². The van der Waals surface area contributed by atoms with Crippen LogP contribution in [0.1, 0.15) is 35.2 Å². The van der Waals surface area contributed by atoms with Crippen molar-refractivity contribution in [1.29, 1.82) is 0 Å². The molecule has 4 heteroatoms.